The third kappa shape index (κ3) is 3.84. The highest BCUT2D eigenvalue weighted by atomic mass is 32.1. The van der Waals surface area contributed by atoms with Gasteiger partial charge in [-0.2, -0.15) is 5.10 Å². The van der Waals surface area contributed by atoms with E-state index in [1.54, 1.807) is 22.2 Å². The Morgan fingerprint density at radius 2 is 2.00 bits per heavy atom. The summed E-state index contributed by atoms with van der Waals surface area (Å²) in [6, 6.07) is 8.47. The molecule has 1 amide bonds. The van der Waals surface area contributed by atoms with E-state index in [1.807, 2.05) is 18.5 Å². The van der Waals surface area contributed by atoms with Crippen LogP contribution in [0.25, 0.3) is 17.2 Å². The van der Waals surface area contributed by atoms with Crippen LogP contribution in [-0.4, -0.2) is 30.6 Å². The van der Waals surface area contributed by atoms with Gasteiger partial charge in [0, 0.05) is 23.1 Å². The van der Waals surface area contributed by atoms with Crippen molar-refractivity contribution >= 4 is 17.2 Å². The fraction of sp³-hybridized carbons (Fsp3) is 0.320. The standard InChI is InChI=1S/C25H24N6OS/c1-15-29-19(14-33-15)12-26-24(32)21-13-28-31(23(21)17-9-10-17)25-27-11-18-7-4-6-16-5-2-3-8-20(16)22(18)30-25/h2-3,5,8,11,13-14,17H,4,6-7,9-10,12H2,1H3,(H,26,32). The minimum Gasteiger partial charge on any atom is -0.346 e. The first-order chi connectivity index (χ1) is 16.2. The molecular formula is C25H24N6OS. The Bertz CT molecular complexity index is 1350. The van der Waals surface area contributed by atoms with Gasteiger partial charge in [0.2, 0.25) is 0 Å². The molecule has 4 aromatic rings. The Kier molecular flexibility index (Phi) is 5.02. The fourth-order valence-corrected chi connectivity index (χ4v) is 5.16. The van der Waals surface area contributed by atoms with E-state index in [-0.39, 0.29) is 5.91 Å². The molecule has 1 aromatic carbocycles. The Morgan fingerprint density at radius 1 is 1.15 bits per heavy atom. The summed E-state index contributed by atoms with van der Waals surface area (Å²) in [6.07, 6.45) is 8.77. The van der Waals surface area contributed by atoms with Crippen LogP contribution in [0.4, 0.5) is 0 Å². The normalized spacial score (nSPS) is 14.9. The van der Waals surface area contributed by atoms with Gasteiger partial charge in [0.25, 0.3) is 11.9 Å². The number of carbonyl (C=O) groups is 1. The lowest BCUT2D eigenvalue weighted by Crippen LogP contribution is -2.24. The van der Waals surface area contributed by atoms with Gasteiger partial charge in [-0.25, -0.2) is 19.6 Å². The van der Waals surface area contributed by atoms with Crippen molar-refractivity contribution in [1.29, 1.82) is 0 Å². The van der Waals surface area contributed by atoms with E-state index in [2.05, 4.69) is 44.6 Å². The number of thiazole rings is 1. The maximum absolute atomic E-state index is 13.0. The van der Waals surface area contributed by atoms with Crippen molar-refractivity contribution in [3.8, 4) is 17.2 Å². The number of carbonyl (C=O) groups excluding carboxylic acids is 1. The van der Waals surface area contributed by atoms with E-state index in [4.69, 9.17) is 4.98 Å². The van der Waals surface area contributed by atoms with Crippen LogP contribution in [0, 0.1) is 6.92 Å². The second-order valence-electron chi connectivity index (χ2n) is 8.72. The van der Waals surface area contributed by atoms with Gasteiger partial charge in [-0.15, -0.1) is 11.3 Å². The number of rotatable bonds is 5. The fourth-order valence-electron chi connectivity index (χ4n) is 4.55. The zero-order valence-electron chi connectivity index (χ0n) is 18.4. The molecule has 1 saturated carbocycles. The zero-order chi connectivity index (χ0) is 22.4. The Labute approximate surface area is 195 Å². The van der Waals surface area contributed by atoms with Crippen LogP contribution in [0.1, 0.15) is 63.1 Å². The highest BCUT2D eigenvalue weighted by Gasteiger charge is 2.34. The molecule has 2 aliphatic rings. The second-order valence-corrected chi connectivity index (χ2v) is 9.79. The molecule has 33 heavy (non-hydrogen) atoms. The number of hydrogen-bond acceptors (Lipinski definition) is 6. The van der Waals surface area contributed by atoms with Gasteiger partial charge in [-0.05, 0) is 50.2 Å². The van der Waals surface area contributed by atoms with Crippen molar-refractivity contribution < 1.29 is 4.79 Å². The summed E-state index contributed by atoms with van der Waals surface area (Å²) >= 11 is 1.58. The van der Waals surface area contributed by atoms with E-state index in [1.165, 1.54) is 16.7 Å². The van der Waals surface area contributed by atoms with Crippen LogP contribution in [0.2, 0.25) is 0 Å². The van der Waals surface area contributed by atoms with E-state index in [0.717, 1.165) is 54.2 Å². The van der Waals surface area contributed by atoms with Gasteiger partial charge >= 0.3 is 0 Å². The molecule has 0 bridgehead atoms. The van der Waals surface area contributed by atoms with Crippen molar-refractivity contribution in [2.45, 2.75) is 51.5 Å². The topological polar surface area (TPSA) is 85.6 Å². The first-order valence-electron chi connectivity index (χ1n) is 11.4. The summed E-state index contributed by atoms with van der Waals surface area (Å²) in [6.45, 7) is 2.37. The van der Waals surface area contributed by atoms with Crippen LogP contribution < -0.4 is 5.32 Å². The van der Waals surface area contributed by atoms with Crippen molar-refractivity contribution in [1.82, 2.24) is 30.0 Å². The van der Waals surface area contributed by atoms with Crippen molar-refractivity contribution in [3.05, 3.63) is 75.1 Å². The molecule has 0 unspecified atom stereocenters. The Hall–Kier alpha value is -3.39. The number of fused-ring (bicyclic) bond motifs is 3. The number of aromatic nitrogens is 5. The van der Waals surface area contributed by atoms with Gasteiger partial charge in [-0.3, -0.25) is 4.79 Å². The van der Waals surface area contributed by atoms with Gasteiger partial charge in [-0.1, -0.05) is 24.3 Å². The summed E-state index contributed by atoms with van der Waals surface area (Å²) in [7, 11) is 0. The lowest BCUT2D eigenvalue weighted by molar-refractivity contribution is 0.0949. The molecule has 166 valence electrons. The first kappa shape index (κ1) is 20.2. The monoisotopic (exact) mass is 456 g/mol. The Balaban J connectivity index is 1.35. The largest absolute Gasteiger partial charge is 0.346 e. The predicted molar refractivity (Wildman–Crippen MR) is 127 cm³/mol. The number of nitrogens with zero attached hydrogens (tertiary/aromatic N) is 5. The highest BCUT2D eigenvalue weighted by molar-refractivity contribution is 7.09. The van der Waals surface area contributed by atoms with Crippen molar-refractivity contribution in [2.24, 2.45) is 0 Å². The minimum atomic E-state index is -0.131. The van der Waals surface area contributed by atoms with Gasteiger partial charge < -0.3 is 5.32 Å². The van der Waals surface area contributed by atoms with Gasteiger partial charge in [0.15, 0.2) is 0 Å². The van der Waals surface area contributed by atoms with E-state index < -0.39 is 0 Å². The summed E-state index contributed by atoms with van der Waals surface area (Å²) in [5.74, 6) is 0.708. The van der Waals surface area contributed by atoms with Crippen LogP contribution >= 0.6 is 11.3 Å². The quantitative estimate of drug-likeness (QED) is 0.481. The number of hydrogen-bond donors (Lipinski definition) is 1. The third-order valence-electron chi connectivity index (χ3n) is 6.32. The van der Waals surface area contributed by atoms with Gasteiger partial charge in [0.05, 0.1) is 40.4 Å². The summed E-state index contributed by atoms with van der Waals surface area (Å²) < 4.78 is 1.77. The maximum atomic E-state index is 13.0. The maximum Gasteiger partial charge on any atom is 0.255 e. The third-order valence-corrected chi connectivity index (χ3v) is 7.14. The summed E-state index contributed by atoms with van der Waals surface area (Å²) in [4.78, 5) is 27.1. The molecule has 0 aliphatic heterocycles. The van der Waals surface area contributed by atoms with Crippen LogP contribution in [0.15, 0.2) is 42.0 Å². The van der Waals surface area contributed by atoms with Crippen molar-refractivity contribution in [3.63, 3.8) is 0 Å². The molecule has 3 aromatic heterocycles. The van der Waals surface area contributed by atoms with Crippen LogP contribution in [-0.2, 0) is 19.4 Å². The first-order valence-corrected chi connectivity index (χ1v) is 12.3. The smallest absolute Gasteiger partial charge is 0.255 e. The number of benzene rings is 1. The Morgan fingerprint density at radius 3 is 2.82 bits per heavy atom. The average molecular weight is 457 g/mol. The van der Waals surface area contributed by atoms with E-state index >= 15 is 0 Å². The van der Waals surface area contributed by atoms with E-state index in [0.29, 0.717) is 24.0 Å². The molecule has 7 nitrogen and oxygen atoms in total. The van der Waals surface area contributed by atoms with Crippen LogP contribution in [0.5, 0.6) is 0 Å². The number of aryl methyl sites for hydroxylation is 3. The molecule has 3 heterocycles. The molecule has 2 aliphatic carbocycles. The molecule has 0 spiro atoms. The SMILES string of the molecule is Cc1nc(CNC(=O)c2cnn(-c3ncc4c(n3)-c3ccccc3CCC4)c2C2CC2)cs1. The summed E-state index contributed by atoms with van der Waals surface area (Å²) in [5.41, 5.74) is 7.02. The molecule has 0 atom stereocenters. The summed E-state index contributed by atoms with van der Waals surface area (Å²) in [5, 5.41) is 10.5. The molecule has 0 saturated heterocycles. The second kappa shape index (κ2) is 8.19. The highest BCUT2D eigenvalue weighted by Crippen LogP contribution is 2.42. The lowest BCUT2D eigenvalue weighted by atomic mass is 10.0. The molecule has 8 heteroatoms. The minimum absolute atomic E-state index is 0.131. The molecular weight excluding hydrogens is 432 g/mol. The van der Waals surface area contributed by atoms with E-state index in [9.17, 15) is 4.79 Å². The van der Waals surface area contributed by atoms with Gasteiger partial charge in [0.1, 0.15) is 0 Å². The predicted octanol–water partition coefficient (Wildman–Crippen LogP) is 4.39. The molecule has 0 radical (unpaired) electrons. The molecule has 6 rings (SSSR count). The molecule has 1 fully saturated rings. The number of nitrogens with one attached hydrogen (secondary N) is 1. The molecule has 1 N–H and O–H groups in total. The lowest BCUT2D eigenvalue weighted by Gasteiger charge is -2.12. The van der Waals surface area contributed by atoms with Crippen LogP contribution in [0.3, 0.4) is 0 Å². The average Bonchev–Trinajstić information content (AvgIpc) is 3.49. The zero-order valence-corrected chi connectivity index (χ0v) is 19.2. The number of amides is 1. The van der Waals surface area contributed by atoms with Crippen molar-refractivity contribution in [2.75, 3.05) is 0 Å².